The Morgan fingerprint density at radius 3 is 1.89 bits per heavy atom. The Morgan fingerprint density at radius 1 is 0.842 bits per heavy atom. The summed E-state index contributed by atoms with van der Waals surface area (Å²) < 4.78 is 0. The van der Waals surface area contributed by atoms with E-state index in [0.717, 1.165) is 12.8 Å². The molecular formula is C17H35NO. The lowest BCUT2D eigenvalue weighted by atomic mass is 10.1. The molecule has 0 heterocycles. The quantitative estimate of drug-likeness (QED) is 0.338. The van der Waals surface area contributed by atoms with Gasteiger partial charge in [-0.15, -0.1) is 0 Å². The van der Waals surface area contributed by atoms with E-state index < -0.39 is 0 Å². The van der Waals surface area contributed by atoms with Crippen molar-refractivity contribution in [1.82, 2.24) is 5.32 Å². The first-order valence-electron chi connectivity index (χ1n) is 8.40. The summed E-state index contributed by atoms with van der Waals surface area (Å²) in [6, 6.07) is 0. The highest BCUT2D eigenvalue weighted by molar-refractivity contribution is 4.79. The van der Waals surface area contributed by atoms with Gasteiger partial charge in [-0.05, 0) is 25.5 Å². The van der Waals surface area contributed by atoms with Crippen LogP contribution >= 0.6 is 0 Å². The molecule has 1 unspecified atom stereocenters. The zero-order valence-electron chi connectivity index (χ0n) is 13.2. The van der Waals surface area contributed by atoms with Crippen LogP contribution in [-0.2, 0) is 0 Å². The van der Waals surface area contributed by atoms with Gasteiger partial charge in [-0.25, -0.2) is 0 Å². The Bertz CT molecular complexity index is 192. The van der Waals surface area contributed by atoms with Crippen LogP contribution in [0, 0.1) is 0 Å². The summed E-state index contributed by atoms with van der Waals surface area (Å²) in [5, 5.41) is 12.2. The largest absolute Gasteiger partial charge is 0.374 e. The fraction of sp³-hybridized carbons (Fsp3) is 0.882. The second-order valence-electron chi connectivity index (χ2n) is 5.46. The van der Waals surface area contributed by atoms with Gasteiger partial charge in [0.15, 0.2) is 0 Å². The molecule has 2 nitrogen and oxygen atoms in total. The second-order valence-corrected chi connectivity index (χ2v) is 5.46. The van der Waals surface area contributed by atoms with E-state index in [2.05, 4.69) is 18.3 Å². The standard InChI is InChI=1S/C17H35NO/c1-3-5-6-7-8-9-10-11-12-13-14-15-16-18-17(19)4-2/h15-19H,3-14H2,1-2H3. The lowest BCUT2D eigenvalue weighted by molar-refractivity contribution is 0.149. The molecule has 0 aromatic rings. The lowest BCUT2D eigenvalue weighted by Gasteiger charge is -2.06. The Kier molecular flexibility index (Phi) is 15.1. The number of nitrogens with one attached hydrogen (secondary N) is 1. The number of aliphatic hydroxyl groups is 1. The maximum absolute atomic E-state index is 9.27. The summed E-state index contributed by atoms with van der Waals surface area (Å²) in [6.07, 6.45) is 19.4. The van der Waals surface area contributed by atoms with Crippen molar-refractivity contribution in [2.24, 2.45) is 0 Å². The fourth-order valence-electron chi connectivity index (χ4n) is 2.13. The van der Waals surface area contributed by atoms with Crippen LogP contribution in [0.1, 0.15) is 90.9 Å². The van der Waals surface area contributed by atoms with E-state index in [1.54, 1.807) is 0 Å². The van der Waals surface area contributed by atoms with Crippen LogP contribution < -0.4 is 5.32 Å². The van der Waals surface area contributed by atoms with E-state index in [4.69, 9.17) is 0 Å². The summed E-state index contributed by atoms with van der Waals surface area (Å²) in [7, 11) is 0. The molecule has 0 aromatic carbocycles. The molecule has 2 N–H and O–H groups in total. The van der Waals surface area contributed by atoms with Crippen LogP contribution in [0.15, 0.2) is 12.3 Å². The van der Waals surface area contributed by atoms with Crippen LogP contribution in [0.2, 0.25) is 0 Å². The number of unbranched alkanes of at least 4 members (excludes halogenated alkanes) is 10. The summed E-state index contributed by atoms with van der Waals surface area (Å²) in [6.45, 7) is 4.24. The highest BCUT2D eigenvalue weighted by atomic mass is 16.3. The molecule has 0 aromatic heterocycles. The SMILES string of the molecule is CCCCCCCCCCCCC=CNC(O)CC. The minimum Gasteiger partial charge on any atom is -0.374 e. The zero-order valence-corrected chi connectivity index (χ0v) is 13.2. The van der Waals surface area contributed by atoms with E-state index in [1.165, 1.54) is 64.2 Å². The maximum Gasteiger partial charge on any atom is 0.123 e. The van der Waals surface area contributed by atoms with Crippen molar-refractivity contribution in [3.8, 4) is 0 Å². The smallest absolute Gasteiger partial charge is 0.123 e. The highest BCUT2D eigenvalue weighted by Gasteiger charge is 1.93. The van der Waals surface area contributed by atoms with Crippen molar-refractivity contribution in [3.63, 3.8) is 0 Å². The molecular weight excluding hydrogens is 234 g/mol. The predicted molar refractivity (Wildman–Crippen MR) is 85.0 cm³/mol. The summed E-state index contributed by atoms with van der Waals surface area (Å²) in [4.78, 5) is 0. The van der Waals surface area contributed by atoms with E-state index in [1.807, 2.05) is 13.1 Å². The number of hydrogen-bond acceptors (Lipinski definition) is 2. The van der Waals surface area contributed by atoms with Gasteiger partial charge in [0, 0.05) is 0 Å². The van der Waals surface area contributed by atoms with Crippen LogP contribution in [0.3, 0.4) is 0 Å². The monoisotopic (exact) mass is 269 g/mol. The molecule has 0 amide bonds. The van der Waals surface area contributed by atoms with E-state index in [9.17, 15) is 5.11 Å². The summed E-state index contributed by atoms with van der Waals surface area (Å²) >= 11 is 0. The number of hydrogen-bond donors (Lipinski definition) is 2. The molecule has 0 saturated heterocycles. The number of rotatable bonds is 14. The summed E-state index contributed by atoms with van der Waals surface area (Å²) in [5.41, 5.74) is 0. The molecule has 114 valence electrons. The number of allylic oxidation sites excluding steroid dienone is 1. The predicted octanol–water partition coefficient (Wildman–Crippen LogP) is 5.13. The Morgan fingerprint density at radius 2 is 1.37 bits per heavy atom. The average Bonchev–Trinajstić information content (AvgIpc) is 2.43. The third kappa shape index (κ3) is 15.4. The Balaban J connectivity index is 3.06. The lowest BCUT2D eigenvalue weighted by Crippen LogP contribution is -2.21. The van der Waals surface area contributed by atoms with Crippen molar-refractivity contribution in [2.45, 2.75) is 97.1 Å². The molecule has 19 heavy (non-hydrogen) atoms. The van der Waals surface area contributed by atoms with Gasteiger partial charge in [0.1, 0.15) is 6.23 Å². The molecule has 0 aliphatic carbocycles. The topological polar surface area (TPSA) is 32.3 Å². The van der Waals surface area contributed by atoms with Gasteiger partial charge in [0.2, 0.25) is 0 Å². The average molecular weight is 269 g/mol. The molecule has 0 aliphatic rings. The Hall–Kier alpha value is -0.500. The third-order valence-electron chi connectivity index (χ3n) is 3.52. The van der Waals surface area contributed by atoms with Crippen molar-refractivity contribution in [3.05, 3.63) is 12.3 Å². The fourth-order valence-corrected chi connectivity index (χ4v) is 2.13. The molecule has 0 fully saturated rings. The van der Waals surface area contributed by atoms with Gasteiger partial charge >= 0.3 is 0 Å². The normalized spacial score (nSPS) is 13.0. The van der Waals surface area contributed by atoms with Crippen LogP contribution in [0.4, 0.5) is 0 Å². The first kappa shape index (κ1) is 18.5. The first-order valence-corrected chi connectivity index (χ1v) is 8.40. The van der Waals surface area contributed by atoms with Crippen LogP contribution in [-0.4, -0.2) is 11.3 Å². The molecule has 2 heteroatoms. The van der Waals surface area contributed by atoms with E-state index in [-0.39, 0.29) is 6.23 Å². The molecule has 0 spiro atoms. The van der Waals surface area contributed by atoms with Crippen molar-refractivity contribution < 1.29 is 5.11 Å². The van der Waals surface area contributed by atoms with Gasteiger partial charge in [0.05, 0.1) is 0 Å². The van der Waals surface area contributed by atoms with Crippen molar-refractivity contribution in [2.75, 3.05) is 0 Å². The molecule has 0 rings (SSSR count). The zero-order chi connectivity index (χ0) is 14.2. The minimum absolute atomic E-state index is 0.385. The molecule has 1 atom stereocenters. The number of aliphatic hydroxyl groups excluding tert-OH is 1. The first-order chi connectivity index (χ1) is 9.31. The van der Waals surface area contributed by atoms with Crippen LogP contribution in [0.25, 0.3) is 0 Å². The van der Waals surface area contributed by atoms with E-state index in [0.29, 0.717) is 0 Å². The third-order valence-corrected chi connectivity index (χ3v) is 3.52. The van der Waals surface area contributed by atoms with Crippen molar-refractivity contribution >= 4 is 0 Å². The van der Waals surface area contributed by atoms with Gasteiger partial charge in [-0.1, -0.05) is 77.7 Å². The van der Waals surface area contributed by atoms with Crippen LogP contribution in [0.5, 0.6) is 0 Å². The second kappa shape index (κ2) is 15.6. The highest BCUT2D eigenvalue weighted by Crippen LogP contribution is 2.11. The molecule has 0 bridgehead atoms. The van der Waals surface area contributed by atoms with Gasteiger partial charge in [-0.3, -0.25) is 0 Å². The van der Waals surface area contributed by atoms with E-state index >= 15 is 0 Å². The molecule has 0 aliphatic heterocycles. The minimum atomic E-state index is -0.385. The van der Waals surface area contributed by atoms with Gasteiger partial charge in [0.25, 0.3) is 0 Å². The van der Waals surface area contributed by atoms with Crippen molar-refractivity contribution in [1.29, 1.82) is 0 Å². The summed E-state index contributed by atoms with van der Waals surface area (Å²) in [5.74, 6) is 0. The van der Waals surface area contributed by atoms with Gasteiger partial charge in [-0.2, -0.15) is 0 Å². The molecule has 0 saturated carbocycles. The molecule has 0 radical (unpaired) electrons. The van der Waals surface area contributed by atoms with Gasteiger partial charge < -0.3 is 10.4 Å². The Labute approximate surface area is 120 Å². The maximum atomic E-state index is 9.27.